The van der Waals surface area contributed by atoms with Crippen LogP contribution in [0.5, 0.6) is 5.88 Å². The number of benzene rings is 1. The third kappa shape index (κ3) is 4.35. The van der Waals surface area contributed by atoms with E-state index in [4.69, 9.17) is 49.4 Å². The summed E-state index contributed by atoms with van der Waals surface area (Å²) >= 11 is 19.3. The molecule has 0 aliphatic rings. The third-order valence-electron chi connectivity index (χ3n) is 4.10. The molecular weight excluding hydrogens is 443 g/mol. The van der Waals surface area contributed by atoms with Gasteiger partial charge in [-0.1, -0.05) is 40.9 Å². The van der Waals surface area contributed by atoms with E-state index >= 15 is 0 Å². The maximum Gasteiger partial charge on any atom is 0.227 e. The van der Waals surface area contributed by atoms with Crippen molar-refractivity contribution in [1.29, 1.82) is 0 Å². The molecule has 0 bridgehead atoms. The smallest absolute Gasteiger partial charge is 0.227 e. The number of halogens is 3. The molecule has 10 heteroatoms. The quantitative estimate of drug-likeness (QED) is 0.563. The molecule has 0 saturated carbocycles. The van der Waals surface area contributed by atoms with Crippen LogP contribution in [0, 0.1) is 0 Å². The van der Waals surface area contributed by atoms with Gasteiger partial charge in [0.1, 0.15) is 18.1 Å². The van der Waals surface area contributed by atoms with Crippen LogP contribution in [0.1, 0.15) is 5.69 Å². The summed E-state index contributed by atoms with van der Waals surface area (Å²) in [6.45, 7) is -0.667. The van der Waals surface area contributed by atoms with E-state index in [2.05, 4.69) is 4.98 Å². The summed E-state index contributed by atoms with van der Waals surface area (Å²) in [5.41, 5.74) is 0.761. The second kappa shape index (κ2) is 9.30. The highest BCUT2D eigenvalue weighted by atomic mass is 35.5. The maximum atomic E-state index is 12.9. The molecule has 7 nitrogen and oxygen atoms in total. The summed E-state index contributed by atoms with van der Waals surface area (Å²) in [4.78, 5) is 17.0. The number of ether oxygens (including phenoxy) is 2. The molecule has 3 aromatic rings. The number of hydrogen-bond acceptors (Lipinski definition) is 6. The first-order valence-electron chi connectivity index (χ1n) is 8.47. The van der Waals surface area contributed by atoms with E-state index in [0.29, 0.717) is 21.4 Å². The second-order valence-electron chi connectivity index (χ2n) is 6.12. The fourth-order valence-corrected chi connectivity index (χ4v) is 3.68. The van der Waals surface area contributed by atoms with E-state index < -0.39 is 18.1 Å². The normalized spacial score (nSPS) is 12.3. The number of aliphatic hydroxyl groups is 2. The van der Waals surface area contributed by atoms with Gasteiger partial charge in [0.05, 0.1) is 51.4 Å². The lowest BCUT2D eigenvalue weighted by Gasteiger charge is -2.20. The highest BCUT2D eigenvalue weighted by molar-refractivity contribution is 6.38. The molecule has 3 rings (SSSR count). The third-order valence-corrected chi connectivity index (χ3v) is 4.99. The van der Waals surface area contributed by atoms with Crippen LogP contribution in [0.15, 0.2) is 35.3 Å². The van der Waals surface area contributed by atoms with Gasteiger partial charge in [-0.05, 0) is 12.1 Å². The Labute approximate surface area is 181 Å². The number of rotatable bonds is 7. The summed E-state index contributed by atoms with van der Waals surface area (Å²) in [7, 11) is 1.49. The first kappa shape index (κ1) is 21.8. The topological polar surface area (TPSA) is 93.8 Å². The van der Waals surface area contributed by atoms with Gasteiger partial charge in [0.2, 0.25) is 5.88 Å². The molecule has 0 aliphatic heterocycles. The summed E-state index contributed by atoms with van der Waals surface area (Å²) in [5.74, 6) is -0.0391. The molecule has 1 unspecified atom stereocenters. The summed E-state index contributed by atoms with van der Waals surface area (Å²) < 4.78 is 12.3. The van der Waals surface area contributed by atoms with Crippen molar-refractivity contribution < 1.29 is 19.7 Å². The number of pyridine rings is 2. The van der Waals surface area contributed by atoms with Crippen molar-refractivity contribution in [3.05, 3.63) is 61.4 Å². The van der Waals surface area contributed by atoms with Gasteiger partial charge in [0, 0.05) is 13.2 Å². The Morgan fingerprint density at radius 3 is 2.52 bits per heavy atom. The number of hydrogen-bond donors (Lipinski definition) is 2. The molecule has 0 aliphatic carbocycles. The molecule has 0 radical (unpaired) electrons. The molecule has 2 aromatic heterocycles. The molecule has 154 valence electrons. The van der Waals surface area contributed by atoms with Crippen LogP contribution < -0.4 is 10.2 Å². The van der Waals surface area contributed by atoms with Crippen LogP contribution >= 0.6 is 34.8 Å². The molecule has 0 fully saturated rings. The zero-order chi connectivity index (χ0) is 21.1. The molecule has 2 N–H and O–H groups in total. The molecule has 2 heterocycles. The Morgan fingerprint density at radius 2 is 1.90 bits per heavy atom. The molecular formula is C19H17Cl3N2O5. The van der Waals surface area contributed by atoms with Crippen molar-refractivity contribution in [2.45, 2.75) is 12.7 Å². The highest BCUT2D eigenvalue weighted by Gasteiger charge is 2.21. The van der Waals surface area contributed by atoms with Gasteiger partial charge in [-0.15, -0.1) is 0 Å². The number of methoxy groups -OCH3 is 1. The van der Waals surface area contributed by atoms with E-state index in [-0.39, 0.29) is 35.0 Å². The first-order valence-corrected chi connectivity index (χ1v) is 9.60. The van der Waals surface area contributed by atoms with E-state index in [1.807, 2.05) is 0 Å². The molecule has 0 saturated heterocycles. The zero-order valence-electron chi connectivity index (χ0n) is 15.2. The minimum Gasteiger partial charge on any atom is -0.474 e. The van der Waals surface area contributed by atoms with Gasteiger partial charge < -0.3 is 24.3 Å². The van der Waals surface area contributed by atoms with Crippen molar-refractivity contribution in [2.75, 3.05) is 20.3 Å². The van der Waals surface area contributed by atoms with Crippen molar-refractivity contribution in [2.24, 2.45) is 0 Å². The summed E-state index contributed by atoms with van der Waals surface area (Å²) in [5, 5.41) is 19.5. The number of para-hydroxylation sites is 1. The number of aromatic nitrogens is 2. The summed E-state index contributed by atoms with van der Waals surface area (Å²) in [6, 6.07) is 6.38. The van der Waals surface area contributed by atoms with E-state index in [1.165, 1.54) is 19.4 Å². The van der Waals surface area contributed by atoms with Gasteiger partial charge in [-0.3, -0.25) is 4.79 Å². The van der Waals surface area contributed by atoms with E-state index in [1.54, 1.807) is 22.8 Å². The average molecular weight is 460 g/mol. The molecule has 1 atom stereocenters. The number of fused-ring (bicyclic) bond motifs is 1. The van der Waals surface area contributed by atoms with Gasteiger partial charge >= 0.3 is 0 Å². The largest absolute Gasteiger partial charge is 0.474 e. The Kier molecular flexibility index (Phi) is 7.00. The van der Waals surface area contributed by atoms with Crippen LogP contribution in [0.4, 0.5) is 0 Å². The fourth-order valence-electron chi connectivity index (χ4n) is 2.88. The van der Waals surface area contributed by atoms with Crippen molar-refractivity contribution in [1.82, 2.24) is 9.55 Å². The Balaban J connectivity index is 2.38. The average Bonchev–Trinajstić information content (AvgIpc) is 2.69. The lowest BCUT2D eigenvalue weighted by Crippen LogP contribution is -2.23. The minimum atomic E-state index is -1.13. The highest BCUT2D eigenvalue weighted by Crippen LogP contribution is 2.36. The number of aliphatic hydroxyl groups excluding tert-OH is 2. The van der Waals surface area contributed by atoms with Crippen LogP contribution in [-0.4, -0.2) is 46.2 Å². The molecule has 1 aromatic carbocycles. The lowest BCUT2D eigenvalue weighted by molar-refractivity contribution is 0.0526. The van der Waals surface area contributed by atoms with E-state index in [9.17, 15) is 9.90 Å². The van der Waals surface area contributed by atoms with Crippen molar-refractivity contribution in [3.63, 3.8) is 0 Å². The second-order valence-corrected chi connectivity index (χ2v) is 7.34. The van der Waals surface area contributed by atoms with E-state index in [0.717, 1.165) is 0 Å². The summed E-state index contributed by atoms with van der Waals surface area (Å²) in [6.07, 6.45) is 0.192. The molecule has 29 heavy (non-hydrogen) atoms. The predicted molar refractivity (Wildman–Crippen MR) is 112 cm³/mol. The van der Waals surface area contributed by atoms with Crippen LogP contribution in [-0.2, 0) is 11.3 Å². The van der Waals surface area contributed by atoms with Crippen molar-refractivity contribution >= 4 is 45.7 Å². The van der Waals surface area contributed by atoms with Gasteiger partial charge in [-0.25, -0.2) is 4.98 Å². The fraction of sp³-hybridized carbons (Fsp3) is 0.263. The van der Waals surface area contributed by atoms with Gasteiger partial charge in [-0.2, -0.15) is 0 Å². The Hall–Kier alpha value is -1.87. The zero-order valence-corrected chi connectivity index (χ0v) is 17.5. The van der Waals surface area contributed by atoms with Gasteiger partial charge in [0.25, 0.3) is 0 Å². The first-order chi connectivity index (χ1) is 13.9. The number of nitrogens with zero attached hydrogens (tertiary/aromatic N) is 2. The molecule has 0 spiro atoms. The Morgan fingerprint density at radius 1 is 1.21 bits per heavy atom. The Bertz CT molecular complexity index is 1080. The maximum absolute atomic E-state index is 12.9. The predicted octanol–water partition coefficient (Wildman–Crippen LogP) is 3.22. The minimum absolute atomic E-state index is 0.0391. The monoisotopic (exact) mass is 458 g/mol. The van der Waals surface area contributed by atoms with Crippen LogP contribution in [0.2, 0.25) is 15.1 Å². The van der Waals surface area contributed by atoms with Crippen LogP contribution in [0.3, 0.4) is 0 Å². The standard InChI is InChI=1S/C19H17Cl3N2O5/c1-28-8-10-5-15(27)16-18(24(10)17-12(20)3-2-4-13(17)21)14(22)6-23-19(16)29-9-11(26)7-25/h2-6,11,25-26H,7-9H2,1H3. The van der Waals surface area contributed by atoms with Gasteiger partial charge in [0.15, 0.2) is 5.43 Å². The molecule has 0 amide bonds. The van der Waals surface area contributed by atoms with Crippen LogP contribution in [0.25, 0.3) is 16.6 Å². The van der Waals surface area contributed by atoms with Crippen molar-refractivity contribution in [3.8, 4) is 11.6 Å². The lowest BCUT2D eigenvalue weighted by atomic mass is 10.1. The SMILES string of the molecule is COCc1cc(=O)c2c(OCC(O)CO)ncc(Cl)c2n1-c1c(Cl)cccc1Cl.